The molecule has 0 amide bonds. The van der Waals surface area contributed by atoms with Crippen LogP contribution in [0.2, 0.25) is 0 Å². The van der Waals surface area contributed by atoms with E-state index < -0.39 is 0 Å². The summed E-state index contributed by atoms with van der Waals surface area (Å²) in [6.45, 7) is 10.2. The van der Waals surface area contributed by atoms with E-state index in [1.54, 1.807) is 6.33 Å². The highest BCUT2D eigenvalue weighted by Crippen LogP contribution is 2.21. The monoisotopic (exact) mass is 334 g/mol. The lowest BCUT2D eigenvalue weighted by molar-refractivity contribution is -0.0414. The first-order chi connectivity index (χ1) is 11.7. The van der Waals surface area contributed by atoms with Crippen molar-refractivity contribution in [3.8, 4) is 0 Å². The van der Waals surface area contributed by atoms with Crippen molar-refractivity contribution in [2.45, 2.75) is 52.8 Å². The molecule has 8 nitrogen and oxygen atoms in total. The maximum absolute atomic E-state index is 5.87. The predicted molar refractivity (Wildman–Crippen MR) is 87.1 cm³/mol. The predicted octanol–water partition coefficient (Wildman–Crippen LogP) is 1.84. The van der Waals surface area contributed by atoms with Gasteiger partial charge in [-0.2, -0.15) is 4.98 Å². The maximum atomic E-state index is 5.87. The Hall–Kier alpha value is -1.80. The molecule has 2 aromatic heterocycles. The number of aromatic nitrogens is 5. The van der Waals surface area contributed by atoms with Crippen LogP contribution in [-0.4, -0.2) is 49.5 Å². The second kappa shape index (κ2) is 7.85. The fourth-order valence-electron chi connectivity index (χ4n) is 2.82. The smallest absolute Gasteiger partial charge is 0.240 e. The van der Waals surface area contributed by atoms with Gasteiger partial charge in [0.25, 0.3) is 0 Å². The van der Waals surface area contributed by atoms with Gasteiger partial charge in [0, 0.05) is 26.1 Å². The second-order valence-electron chi connectivity index (χ2n) is 6.61. The zero-order valence-electron chi connectivity index (χ0n) is 14.7. The summed E-state index contributed by atoms with van der Waals surface area (Å²) < 4.78 is 13.3. The van der Waals surface area contributed by atoms with Gasteiger partial charge in [0.1, 0.15) is 12.4 Å². The quantitative estimate of drug-likeness (QED) is 0.764. The van der Waals surface area contributed by atoms with Crippen molar-refractivity contribution in [2.24, 2.45) is 5.92 Å². The van der Waals surface area contributed by atoms with Gasteiger partial charge in [-0.1, -0.05) is 19.0 Å². The summed E-state index contributed by atoms with van der Waals surface area (Å²) in [4.78, 5) is 6.77. The van der Waals surface area contributed by atoms with Gasteiger partial charge in [0.05, 0.1) is 13.2 Å². The zero-order chi connectivity index (χ0) is 16.9. The van der Waals surface area contributed by atoms with Gasteiger partial charge in [0.2, 0.25) is 5.89 Å². The third kappa shape index (κ3) is 4.18. The van der Waals surface area contributed by atoms with E-state index in [4.69, 9.17) is 9.26 Å². The summed E-state index contributed by atoms with van der Waals surface area (Å²) in [5.41, 5.74) is 0. The number of rotatable bonds is 7. The molecule has 1 aliphatic heterocycles. The molecule has 8 heteroatoms. The fourth-order valence-corrected chi connectivity index (χ4v) is 2.82. The van der Waals surface area contributed by atoms with Gasteiger partial charge in [0.15, 0.2) is 11.6 Å². The minimum atomic E-state index is -0.0652. The van der Waals surface area contributed by atoms with Crippen molar-refractivity contribution < 1.29 is 9.26 Å². The Balaban J connectivity index is 1.57. The molecule has 24 heavy (non-hydrogen) atoms. The summed E-state index contributed by atoms with van der Waals surface area (Å²) in [6.07, 6.45) is 3.62. The molecule has 1 aliphatic rings. The molecule has 0 aliphatic carbocycles. The van der Waals surface area contributed by atoms with Crippen molar-refractivity contribution in [3.63, 3.8) is 0 Å². The average molecular weight is 334 g/mol. The van der Waals surface area contributed by atoms with Crippen LogP contribution < -0.4 is 0 Å². The van der Waals surface area contributed by atoms with E-state index in [0.717, 1.165) is 44.1 Å². The van der Waals surface area contributed by atoms with E-state index in [0.29, 0.717) is 25.0 Å². The summed E-state index contributed by atoms with van der Waals surface area (Å²) in [6, 6.07) is 0. The number of ether oxygens (including phenoxy) is 1. The summed E-state index contributed by atoms with van der Waals surface area (Å²) in [5, 5.41) is 12.3. The van der Waals surface area contributed by atoms with E-state index in [9.17, 15) is 0 Å². The first-order valence-corrected chi connectivity index (χ1v) is 8.68. The van der Waals surface area contributed by atoms with Gasteiger partial charge in [-0.25, -0.2) is 0 Å². The largest absolute Gasteiger partial charge is 0.368 e. The minimum absolute atomic E-state index is 0.0652. The van der Waals surface area contributed by atoms with Crippen molar-refractivity contribution in [1.29, 1.82) is 0 Å². The highest BCUT2D eigenvalue weighted by atomic mass is 16.5. The van der Waals surface area contributed by atoms with Crippen molar-refractivity contribution in [1.82, 2.24) is 29.8 Å². The third-order valence-electron chi connectivity index (χ3n) is 4.24. The molecule has 1 saturated heterocycles. The topological polar surface area (TPSA) is 82.1 Å². The van der Waals surface area contributed by atoms with Crippen LogP contribution in [0.25, 0.3) is 0 Å². The molecule has 0 aromatic carbocycles. The molecule has 0 N–H and O–H groups in total. The van der Waals surface area contributed by atoms with Crippen molar-refractivity contribution >= 4 is 0 Å². The first kappa shape index (κ1) is 17.0. The Bertz CT molecular complexity index is 638. The van der Waals surface area contributed by atoms with Crippen LogP contribution in [-0.2, 0) is 24.2 Å². The zero-order valence-corrected chi connectivity index (χ0v) is 14.7. The third-order valence-corrected chi connectivity index (χ3v) is 4.24. The van der Waals surface area contributed by atoms with Gasteiger partial charge in [-0.05, 0) is 19.3 Å². The Morgan fingerprint density at radius 2 is 2.25 bits per heavy atom. The molecule has 1 atom stereocenters. The molecular formula is C16H26N6O2. The Kier molecular flexibility index (Phi) is 5.57. The number of hydrogen-bond donors (Lipinski definition) is 0. The van der Waals surface area contributed by atoms with E-state index in [-0.39, 0.29) is 6.10 Å². The number of nitrogens with zero attached hydrogens (tertiary/aromatic N) is 6. The lowest BCUT2D eigenvalue weighted by atomic mass is 10.1. The number of hydrogen-bond acceptors (Lipinski definition) is 7. The molecule has 132 valence electrons. The van der Waals surface area contributed by atoms with E-state index >= 15 is 0 Å². The second-order valence-corrected chi connectivity index (χ2v) is 6.61. The summed E-state index contributed by atoms with van der Waals surface area (Å²) in [5.74, 6) is 2.99. The standard InChI is InChI=1S/C16H26N6O2/c1-4-22-11-17-19-16(22)13-9-21(7-8-23-13)10-15-18-14(20-24-15)6-5-12(2)3/h11-13H,4-10H2,1-3H3/t13-/m0/s1. The molecule has 0 spiro atoms. The van der Waals surface area contributed by atoms with Crippen molar-refractivity contribution in [3.05, 3.63) is 23.9 Å². The van der Waals surface area contributed by atoms with Crippen LogP contribution in [0.15, 0.2) is 10.9 Å². The van der Waals surface area contributed by atoms with Gasteiger partial charge < -0.3 is 13.8 Å². The lowest BCUT2D eigenvalue weighted by Crippen LogP contribution is -2.38. The molecule has 1 fully saturated rings. The highest BCUT2D eigenvalue weighted by molar-refractivity contribution is 4.95. The van der Waals surface area contributed by atoms with Crippen LogP contribution in [0.4, 0.5) is 0 Å². The molecule has 0 unspecified atom stereocenters. The maximum Gasteiger partial charge on any atom is 0.240 e. The van der Waals surface area contributed by atoms with E-state index in [1.807, 2.05) is 4.57 Å². The van der Waals surface area contributed by atoms with Crippen LogP contribution in [0.3, 0.4) is 0 Å². The lowest BCUT2D eigenvalue weighted by Gasteiger charge is -2.31. The fraction of sp³-hybridized carbons (Fsp3) is 0.750. The molecular weight excluding hydrogens is 308 g/mol. The molecule has 0 saturated carbocycles. The molecule has 0 radical (unpaired) electrons. The van der Waals surface area contributed by atoms with Crippen molar-refractivity contribution in [2.75, 3.05) is 19.7 Å². The van der Waals surface area contributed by atoms with Crippen LogP contribution in [0.5, 0.6) is 0 Å². The number of morpholine rings is 1. The van der Waals surface area contributed by atoms with Gasteiger partial charge >= 0.3 is 0 Å². The SMILES string of the molecule is CCn1cnnc1[C@@H]1CN(Cc2nc(CCC(C)C)no2)CCO1. The van der Waals surface area contributed by atoms with Crippen LogP contribution in [0, 0.1) is 5.92 Å². The minimum Gasteiger partial charge on any atom is -0.368 e. The van der Waals surface area contributed by atoms with Gasteiger partial charge in [-0.15, -0.1) is 10.2 Å². The summed E-state index contributed by atoms with van der Waals surface area (Å²) in [7, 11) is 0. The van der Waals surface area contributed by atoms with E-state index in [2.05, 4.69) is 46.0 Å². The van der Waals surface area contributed by atoms with Gasteiger partial charge in [-0.3, -0.25) is 4.90 Å². The molecule has 3 heterocycles. The summed E-state index contributed by atoms with van der Waals surface area (Å²) >= 11 is 0. The van der Waals surface area contributed by atoms with Crippen LogP contribution >= 0.6 is 0 Å². The van der Waals surface area contributed by atoms with Crippen LogP contribution in [0.1, 0.15) is 50.8 Å². The molecule has 0 bridgehead atoms. The number of aryl methyl sites for hydroxylation is 2. The molecule has 2 aromatic rings. The highest BCUT2D eigenvalue weighted by Gasteiger charge is 2.27. The normalized spacial score (nSPS) is 19.2. The Morgan fingerprint density at radius 3 is 3.04 bits per heavy atom. The first-order valence-electron chi connectivity index (χ1n) is 8.68. The van der Waals surface area contributed by atoms with E-state index in [1.165, 1.54) is 0 Å². The average Bonchev–Trinajstić information content (AvgIpc) is 3.22. The Morgan fingerprint density at radius 1 is 1.38 bits per heavy atom. The Labute approximate surface area is 142 Å². The molecule has 3 rings (SSSR count).